The number of carbonyl (C=O) groups is 1. The summed E-state index contributed by atoms with van der Waals surface area (Å²) < 4.78 is 6.70. The Morgan fingerprint density at radius 1 is 1.21 bits per heavy atom. The van der Waals surface area contributed by atoms with Crippen LogP contribution in [0.2, 0.25) is 5.02 Å². The zero-order chi connectivity index (χ0) is 17.1. The van der Waals surface area contributed by atoms with Crippen LogP contribution in [0.25, 0.3) is 10.1 Å². The van der Waals surface area contributed by atoms with Gasteiger partial charge in [-0.2, -0.15) is 4.91 Å². The number of hydrogen-bond acceptors (Lipinski definition) is 5. The fourth-order valence-corrected chi connectivity index (χ4v) is 3.81. The standard InChI is InChI=1S/C17H13ClN2O3S/c18-14-3-1-2-12-13(15(8-20-22)24-16(12)14)9-23-11-6-4-10(5-7-11)17(19)21/h1-7H,8-9H2,(H2,19,21). The summed E-state index contributed by atoms with van der Waals surface area (Å²) in [6, 6.07) is 12.2. The third-order valence-corrected chi connectivity index (χ3v) is 5.28. The second kappa shape index (κ2) is 6.98. The van der Waals surface area contributed by atoms with E-state index in [-0.39, 0.29) is 13.2 Å². The number of fused-ring (bicyclic) bond motifs is 1. The van der Waals surface area contributed by atoms with Gasteiger partial charge in [-0.3, -0.25) is 4.79 Å². The number of amides is 1. The van der Waals surface area contributed by atoms with Crippen molar-refractivity contribution in [1.82, 2.24) is 0 Å². The Morgan fingerprint density at radius 2 is 1.96 bits per heavy atom. The maximum absolute atomic E-state index is 11.1. The summed E-state index contributed by atoms with van der Waals surface area (Å²) in [5.41, 5.74) is 6.53. The monoisotopic (exact) mass is 360 g/mol. The average Bonchev–Trinajstić information content (AvgIpc) is 2.93. The Bertz CT molecular complexity index is 906. The number of rotatable bonds is 6. The lowest BCUT2D eigenvalue weighted by Crippen LogP contribution is -2.10. The molecule has 2 aromatic carbocycles. The molecular formula is C17H13ClN2O3S. The van der Waals surface area contributed by atoms with Gasteiger partial charge in [0.2, 0.25) is 5.91 Å². The molecule has 2 N–H and O–H groups in total. The van der Waals surface area contributed by atoms with Crippen LogP contribution in [0.5, 0.6) is 5.75 Å². The van der Waals surface area contributed by atoms with Gasteiger partial charge >= 0.3 is 0 Å². The maximum Gasteiger partial charge on any atom is 0.248 e. The zero-order valence-corrected chi connectivity index (χ0v) is 14.1. The van der Waals surface area contributed by atoms with Crippen molar-refractivity contribution in [1.29, 1.82) is 0 Å². The molecule has 0 aliphatic heterocycles. The van der Waals surface area contributed by atoms with Gasteiger partial charge < -0.3 is 10.5 Å². The molecule has 0 bridgehead atoms. The molecule has 7 heteroatoms. The van der Waals surface area contributed by atoms with E-state index in [2.05, 4.69) is 5.18 Å². The van der Waals surface area contributed by atoms with Gasteiger partial charge in [0.25, 0.3) is 0 Å². The molecule has 3 aromatic rings. The van der Waals surface area contributed by atoms with Crippen LogP contribution >= 0.6 is 22.9 Å². The molecule has 0 spiro atoms. The predicted molar refractivity (Wildman–Crippen MR) is 95.6 cm³/mol. The largest absolute Gasteiger partial charge is 0.489 e. The fourth-order valence-electron chi connectivity index (χ4n) is 2.40. The first-order chi connectivity index (χ1) is 11.6. The molecule has 0 aliphatic rings. The van der Waals surface area contributed by atoms with Crippen LogP contribution in [0.3, 0.4) is 0 Å². The van der Waals surface area contributed by atoms with Crippen LogP contribution in [0.4, 0.5) is 0 Å². The zero-order valence-electron chi connectivity index (χ0n) is 12.5. The number of nitroso groups, excluding NO2 is 1. The van der Waals surface area contributed by atoms with Gasteiger partial charge in [0.1, 0.15) is 18.9 Å². The predicted octanol–water partition coefficient (Wildman–Crippen LogP) is 4.50. The van der Waals surface area contributed by atoms with E-state index in [4.69, 9.17) is 22.1 Å². The molecule has 1 aromatic heterocycles. The maximum atomic E-state index is 11.1. The van der Waals surface area contributed by atoms with Crippen molar-refractivity contribution in [3.8, 4) is 5.75 Å². The van der Waals surface area contributed by atoms with E-state index in [9.17, 15) is 9.70 Å². The lowest BCUT2D eigenvalue weighted by molar-refractivity contribution is 0.100. The smallest absolute Gasteiger partial charge is 0.248 e. The second-order valence-electron chi connectivity index (χ2n) is 5.08. The number of nitrogens with zero attached hydrogens (tertiary/aromatic N) is 1. The number of nitrogens with two attached hydrogens (primary N) is 1. The van der Waals surface area contributed by atoms with E-state index in [1.807, 2.05) is 18.2 Å². The minimum Gasteiger partial charge on any atom is -0.489 e. The van der Waals surface area contributed by atoms with Gasteiger partial charge in [-0.25, -0.2) is 0 Å². The van der Waals surface area contributed by atoms with E-state index in [0.717, 1.165) is 20.5 Å². The first kappa shape index (κ1) is 16.4. The minimum absolute atomic E-state index is 0.0784. The summed E-state index contributed by atoms with van der Waals surface area (Å²) in [7, 11) is 0. The van der Waals surface area contributed by atoms with Crippen molar-refractivity contribution >= 4 is 38.9 Å². The van der Waals surface area contributed by atoms with Crippen LogP contribution < -0.4 is 10.5 Å². The van der Waals surface area contributed by atoms with E-state index in [0.29, 0.717) is 16.3 Å². The Hall–Kier alpha value is -2.44. The van der Waals surface area contributed by atoms with E-state index >= 15 is 0 Å². The number of carbonyl (C=O) groups excluding carboxylic acids is 1. The summed E-state index contributed by atoms with van der Waals surface area (Å²) >= 11 is 7.67. The molecule has 0 saturated heterocycles. The van der Waals surface area contributed by atoms with Crippen molar-refractivity contribution in [3.05, 3.63) is 68.4 Å². The summed E-state index contributed by atoms with van der Waals surface area (Å²) in [5.74, 6) is 0.116. The average molecular weight is 361 g/mol. The van der Waals surface area contributed by atoms with Gasteiger partial charge in [-0.1, -0.05) is 28.9 Å². The van der Waals surface area contributed by atoms with Gasteiger partial charge in [-0.15, -0.1) is 11.3 Å². The van der Waals surface area contributed by atoms with Crippen LogP contribution in [0.15, 0.2) is 47.6 Å². The molecule has 0 saturated carbocycles. The third-order valence-electron chi connectivity index (χ3n) is 3.58. The summed E-state index contributed by atoms with van der Waals surface area (Å²) in [4.78, 5) is 22.6. The first-order valence-corrected chi connectivity index (χ1v) is 8.30. The molecule has 0 radical (unpaired) electrons. The van der Waals surface area contributed by atoms with E-state index < -0.39 is 5.91 Å². The Kier molecular flexibility index (Phi) is 4.78. The molecular weight excluding hydrogens is 348 g/mol. The van der Waals surface area contributed by atoms with Gasteiger partial charge in [-0.05, 0) is 30.3 Å². The summed E-state index contributed by atoms with van der Waals surface area (Å²) in [5, 5.41) is 4.59. The Morgan fingerprint density at radius 3 is 2.62 bits per heavy atom. The molecule has 5 nitrogen and oxygen atoms in total. The highest BCUT2D eigenvalue weighted by molar-refractivity contribution is 7.20. The van der Waals surface area contributed by atoms with Gasteiger partial charge in [0, 0.05) is 21.4 Å². The quantitative estimate of drug-likeness (QED) is 0.657. The molecule has 3 rings (SSSR count). The van der Waals surface area contributed by atoms with Crippen LogP contribution in [-0.2, 0) is 13.2 Å². The molecule has 0 aliphatic carbocycles. The fraction of sp³-hybridized carbons (Fsp3) is 0.118. The topological polar surface area (TPSA) is 81.8 Å². The SMILES string of the molecule is NC(=O)c1ccc(OCc2c(CN=O)sc3c(Cl)cccc23)cc1. The van der Waals surface area contributed by atoms with Crippen molar-refractivity contribution in [3.63, 3.8) is 0 Å². The number of ether oxygens (including phenoxy) is 1. The molecule has 24 heavy (non-hydrogen) atoms. The molecule has 122 valence electrons. The van der Waals surface area contributed by atoms with Crippen molar-refractivity contribution in [2.45, 2.75) is 13.2 Å². The van der Waals surface area contributed by atoms with Crippen molar-refractivity contribution < 1.29 is 9.53 Å². The van der Waals surface area contributed by atoms with E-state index in [1.54, 1.807) is 24.3 Å². The third kappa shape index (κ3) is 3.25. The normalized spacial score (nSPS) is 10.7. The Balaban J connectivity index is 1.88. The van der Waals surface area contributed by atoms with E-state index in [1.165, 1.54) is 11.3 Å². The molecule has 1 amide bonds. The van der Waals surface area contributed by atoms with Crippen LogP contribution in [0, 0.1) is 4.91 Å². The number of benzene rings is 2. The van der Waals surface area contributed by atoms with Gasteiger partial charge in [0.05, 0.1) is 9.72 Å². The molecule has 0 unspecified atom stereocenters. The highest BCUT2D eigenvalue weighted by Crippen LogP contribution is 2.37. The molecule has 0 atom stereocenters. The minimum atomic E-state index is -0.487. The first-order valence-electron chi connectivity index (χ1n) is 7.10. The highest BCUT2D eigenvalue weighted by Gasteiger charge is 2.15. The van der Waals surface area contributed by atoms with Crippen LogP contribution in [0.1, 0.15) is 20.8 Å². The lowest BCUT2D eigenvalue weighted by atomic mass is 10.1. The number of thiophene rings is 1. The van der Waals surface area contributed by atoms with Crippen molar-refractivity contribution in [2.75, 3.05) is 0 Å². The highest BCUT2D eigenvalue weighted by atomic mass is 35.5. The second-order valence-corrected chi connectivity index (χ2v) is 6.60. The Labute approximate surface area is 147 Å². The van der Waals surface area contributed by atoms with Crippen molar-refractivity contribution in [2.24, 2.45) is 10.9 Å². The number of halogens is 1. The van der Waals surface area contributed by atoms with Crippen LogP contribution in [-0.4, -0.2) is 5.91 Å². The van der Waals surface area contributed by atoms with Gasteiger partial charge in [0.15, 0.2) is 0 Å². The lowest BCUT2D eigenvalue weighted by Gasteiger charge is -2.07. The summed E-state index contributed by atoms with van der Waals surface area (Å²) in [6.07, 6.45) is 0. The molecule has 0 fully saturated rings. The number of primary amides is 1. The molecule has 1 heterocycles. The summed E-state index contributed by atoms with van der Waals surface area (Å²) in [6.45, 7) is 0.357. The number of hydrogen-bond donors (Lipinski definition) is 1.